The Morgan fingerprint density at radius 2 is 2.00 bits per heavy atom. The predicted octanol–water partition coefficient (Wildman–Crippen LogP) is 1.74. The summed E-state index contributed by atoms with van der Waals surface area (Å²) in [6, 6.07) is 4.91. The first-order valence-electron chi connectivity index (χ1n) is 5.88. The summed E-state index contributed by atoms with van der Waals surface area (Å²) in [6.45, 7) is 4.67. The van der Waals surface area contributed by atoms with E-state index in [-0.39, 0.29) is 23.6 Å². The Bertz CT molecular complexity index is 368. The standard InChI is InChI=1S/C13H21NO3/c1-3-13(2,7-8-15)14-9-10-5-4-6-11(16)12(10)17/h4-6,14-17H,3,7-9H2,1-2H3. The van der Waals surface area contributed by atoms with Crippen molar-refractivity contribution in [3.63, 3.8) is 0 Å². The van der Waals surface area contributed by atoms with E-state index in [0.29, 0.717) is 18.5 Å². The van der Waals surface area contributed by atoms with Crippen LogP contribution >= 0.6 is 0 Å². The van der Waals surface area contributed by atoms with Crippen LogP contribution in [-0.2, 0) is 6.54 Å². The molecule has 1 rings (SSSR count). The molecule has 96 valence electrons. The number of aliphatic hydroxyl groups excluding tert-OH is 1. The Balaban J connectivity index is 2.69. The largest absolute Gasteiger partial charge is 0.504 e. The van der Waals surface area contributed by atoms with E-state index >= 15 is 0 Å². The fraction of sp³-hybridized carbons (Fsp3) is 0.538. The topological polar surface area (TPSA) is 72.7 Å². The molecular formula is C13H21NO3. The quantitative estimate of drug-likeness (QED) is 0.571. The number of aromatic hydroxyl groups is 2. The maximum absolute atomic E-state index is 9.66. The minimum Gasteiger partial charge on any atom is -0.504 e. The zero-order valence-electron chi connectivity index (χ0n) is 10.4. The van der Waals surface area contributed by atoms with E-state index in [9.17, 15) is 10.2 Å². The van der Waals surface area contributed by atoms with Gasteiger partial charge in [-0.2, -0.15) is 0 Å². The van der Waals surface area contributed by atoms with E-state index in [0.717, 1.165) is 6.42 Å². The van der Waals surface area contributed by atoms with E-state index in [1.807, 2.05) is 13.8 Å². The van der Waals surface area contributed by atoms with Gasteiger partial charge < -0.3 is 20.6 Å². The van der Waals surface area contributed by atoms with E-state index in [4.69, 9.17) is 5.11 Å². The summed E-state index contributed by atoms with van der Waals surface area (Å²) in [4.78, 5) is 0. The molecule has 0 aromatic heterocycles. The third kappa shape index (κ3) is 3.61. The van der Waals surface area contributed by atoms with Crippen molar-refractivity contribution in [1.82, 2.24) is 5.32 Å². The molecule has 0 amide bonds. The zero-order chi connectivity index (χ0) is 12.9. The normalized spacial score (nSPS) is 14.5. The Morgan fingerprint density at radius 1 is 1.29 bits per heavy atom. The number of phenolic OH excluding ortho intramolecular Hbond substituents is 2. The highest BCUT2D eigenvalue weighted by molar-refractivity contribution is 5.44. The van der Waals surface area contributed by atoms with E-state index < -0.39 is 0 Å². The van der Waals surface area contributed by atoms with Gasteiger partial charge in [0.05, 0.1) is 0 Å². The second-order valence-corrected chi connectivity index (χ2v) is 4.53. The highest BCUT2D eigenvalue weighted by atomic mass is 16.3. The van der Waals surface area contributed by atoms with Crippen LogP contribution in [-0.4, -0.2) is 27.5 Å². The van der Waals surface area contributed by atoms with Crippen molar-refractivity contribution in [2.75, 3.05) is 6.61 Å². The number of phenols is 2. The van der Waals surface area contributed by atoms with Gasteiger partial charge in [0.25, 0.3) is 0 Å². The second-order valence-electron chi connectivity index (χ2n) is 4.53. The third-order valence-electron chi connectivity index (χ3n) is 3.25. The van der Waals surface area contributed by atoms with Crippen LogP contribution in [0.1, 0.15) is 32.3 Å². The highest BCUT2D eigenvalue weighted by Crippen LogP contribution is 2.28. The molecule has 4 N–H and O–H groups in total. The molecule has 0 fully saturated rings. The first kappa shape index (κ1) is 13.8. The highest BCUT2D eigenvalue weighted by Gasteiger charge is 2.21. The number of para-hydroxylation sites is 1. The van der Waals surface area contributed by atoms with Crippen LogP contribution in [0.5, 0.6) is 11.5 Å². The van der Waals surface area contributed by atoms with Gasteiger partial charge in [-0.05, 0) is 25.8 Å². The van der Waals surface area contributed by atoms with Crippen LogP contribution < -0.4 is 5.32 Å². The van der Waals surface area contributed by atoms with Crippen molar-refractivity contribution in [3.8, 4) is 11.5 Å². The lowest BCUT2D eigenvalue weighted by molar-refractivity contribution is 0.214. The van der Waals surface area contributed by atoms with Crippen LogP contribution in [0.25, 0.3) is 0 Å². The van der Waals surface area contributed by atoms with Crippen molar-refractivity contribution in [3.05, 3.63) is 23.8 Å². The summed E-state index contributed by atoms with van der Waals surface area (Å²) in [7, 11) is 0. The minimum absolute atomic E-state index is 0.0811. The van der Waals surface area contributed by atoms with Gasteiger partial charge >= 0.3 is 0 Å². The maximum atomic E-state index is 9.66. The van der Waals surface area contributed by atoms with Crippen molar-refractivity contribution < 1.29 is 15.3 Å². The molecule has 0 aliphatic rings. The molecule has 1 atom stereocenters. The number of hydrogen-bond donors (Lipinski definition) is 4. The summed E-state index contributed by atoms with van der Waals surface area (Å²) in [5.74, 6) is -0.188. The average Bonchev–Trinajstić information content (AvgIpc) is 2.31. The summed E-state index contributed by atoms with van der Waals surface area (Å²) >= 11 is 0. The lowest BCUT2D eigenvalue weighted by atomic mass is 9.94. The van der Waals surface area contributed by atoms with Crippen molar-refractivity contribution in [1.29, 1.82) is 0 Å². The van der Waals surface area contributed by atoms with Gasteiger partial charge in [-0.15, -0.1) is 0 Å². The van der Waals surface area contributed by atoms with Crippen molar-refractivity contribution >= 4 is 0 Å². The smallest absolute Gasteiger partial charge is 0.161 e. The predicted molar refractivity (Wildman–Crippen MR) is 67.0 cm³/mol. The molecule has 0 saturated carbocycles. The van der Waals surface area contributed by atoms with E-state index in [1.54, 1.807) is 12.1 Å². The molecule has 0 heterocycles. The summed E-state index contributed by atoms with van der Waals surface area (Å²) in [6.07, 6.45) is 1.54. The summed E-state index contributed by atoms with van der Waals surface area (Å²) < 4.78 is 0. The van der Waals surface area contributed by atoms with Crippen molar-refractivity contribution in [2.45, 2.75) is 38.8 Å². The molecule has 1 aromatic rings. The average molecular weight is 239 g/mol. The first-order chi connectivity index (χ1) is 8.02. The molecule has 0 saturated heterocycles. The molecule has 4 nitrogen and oxygen atoms in total. The van der Waals surface area contributed by atoms with Crippen LogP contribution in [0.3, 0.4) is 0 Å². The van der Waals surface area contributed by atoms with Gasteiger partial charge in [0.15, 0.2) is 11.5 Å². The fourth-order valence-electron chi connectivity index (χ4n) is 1.67. The Morgan fingerprint density at radius 3 is 2.59 bits per heavy atom. The van der Waals surface area contributed by atoms with E-state index in [2.05, 4.69) is 5.32 Å². The molecule has 0 aliphatic carbocycles. The van der Waals surface area contributed by atoms with Gasteiger partial charge in [0.2, 0.25) is 0 Å². The van der Waals surface area contributed by atoms with Gasteiger partial charge in [-0.3, -0.25) is 0 Å². The lowest BCUT2D eigenvalue weighted by Gasteiger charge is -2.29. The Hall–Kier alpha value is -1.26. The third-order valence-corrected chi connectivity index (χ3v) is 3.25. The van der Waals surface area contributed by atoms with Gasteiger partial charge in [0, 0.05) is 24.3 Å². The van der Waals surface area contributed by atoms with Gasteiger partial charge in [-0.1, -0.05) is 19.1 Å². The molecule has 0 bridgehead atoms. The molecular weight excluding hydrogens is 218 g/mol. The molecule has 1 aromatic carbocycles. The van der Waals surface area contributed by atoms with Crippen LogP contribution in [0.4, 0.5) is 0 Å². The molecule has 4 heteroatoms. The van der Waals surface area contributed by atoms with Gasteiger partial charge in [-0.25, -0.2) is 0 Å². The molecule has 0 spiro atoms. The summed E-state index contributed by atoms with van der Waals surface area (Å²) in [5.41, 5.74) is 0.495. The number of nitrogens with one attached hydrogen (secondary N) is 1. The molecule has 17 heavy (non-hydrogen) atoms. The number of rotatable bonds is 6. The van der Waals surface area contributed by atoms with Crippen LogP contribution in [0, 0.1) is 0 Å². The van der Waals surface area contributed by atoms with Crippen molar-refractivity contribution in [2.24, 2.45) is 0 Å². The number of hydrogen-bond acceptors (Lipinski definition) is 4. The fourth-order valence-corrected chi connectivity index (χ4v) is 1.67. The first-order valence-corrected chi connectivity index (χ1v) is 5.88. The molecule has 0 radical (unpaired) electrons. The molecule has 1 unspecified atom stereocenters. The Labute approximate surface area is 102 Å². The van der Waals surface area contributed by atoms with Gasteiger partial charge in [0.1, 0.15) is 0 Å². The van der Waals surface area contributed by atoms with E-state index in [1.165, 1.54) is 6.07 Å². The SMILES string of the molecule is CCC(C)(CCO)NCc1cccc(O)c1O. The Kier molecular flexibility index (Phi) is 4.78. The summed E-state index contributed by atoms with van der Waals surface area (Å²) in [5, 5.41) is 31.3. The number of benzene rings is 1. The van der Waals surface area contributed by atoms with Crippen LogP contribution in [0.15, 0.2) is 18.2 Å². The maximum Gasteiger partial charge on any atom is 0.161 e. The second kappa shape index (κ2) is 5.89. The number of aliphatic hydroxyl groups is 1. The zero-order valence-corrected chi connectivity index (χ0v) is 10.4. The monoisotopic (exact) mass is 239 g/mol. The molecule has 0 aliphatic heterocycles. The minimum atomic E-state index is -0.160. The lowest BCUT2D eigenvalue weighted by Crippen LogP contribution is -2.42. The van der Waals surface area contributed by atoms with Crippen LogP contribution in [0.2, 0.25) is 0 Å².